The fourth-order valence-electron chi connectivity index (χ4n) is 1.51. The Bertz CT molecular complexity index is 648. The van der Waals surface area contributed by atoms with Gasteiger partial charge in [0.25, 0.3) is 5.91 Å². The number of nitrogens with one attached hydrogen (secondary N) is 1. The molecule has 0 fully saturated rings. The number of oxazole rings is 1. The van der Waals surface area contributed by atoms with Gasteiger partial charge in [-0.3, -0.25) is 10.1 Å². The van der Waals surface area contributed by atoms with Crippen molar-refractivity contribution in [3.05, 3.63) is 47.3 Å². The van der Waals surface area contributed by atoms with Crippen molar-refractivity contribution in [2.24, 2.45) is 0 Å². The van der Waals surface area contributed by atoms with Gasteiger partial charge in [0.1, 0.15) is 6.26 Å². The first kappa shape index (κ1) is 13.8. The number of benzene rings is 1. The third-order valence-electron chi connectivity index (χ3n) is 2.46. The van der Waals surface area contributed by atoms with Crippen LogP contribution in [0.25, 0.3) is 0 Å². The predicted octanol–water partition coefficient (Wildman–Crippen LogP) is 1.97. The van der Waals surface area contributed by atoms with Crippen molar-refractivity contribution in [2.45, 2.75) is 13.3 Å². The Balaban J connectivity index is 2.02. The van der Waals surface area contributed by atoms with Crippen LogP contribution in [0.3, 0.4) is 0 Å². The van der Waals surface area contributed by atoms with Crippen molar-refractivity contribution in [3.63, 3.8) is 0 Å². The van der Waals surface area contributed by atoms with E-state index in [4.69, 9.17) is 9.52 Å². The Morgan fingerprint density at radius 3 is 2.75 bits per heavy atom. The van der Waals surface area contributed by atoms with Crippen molar-refractivity contribution in [1.82, 2.24) is 4.98 Å². The van der Waals surface area contributed by atoms with Crippen LogP contribution in [-0.4, -0.2) is 22.6 Å². The van der Waals surface area contributed by atoms with Gasteiger partial charge in [-0.15, -0.1) is 0 Å². The summed E-state index contributed by atoms with van der Waals surface area (Å²) in [5.74, 6) is 5.42. The molecule has 20 heavy (non-hydrogen) atoms. The highest BCUT2D eigenvalue weighted by Crippen LogP contribution is 2.09. The van der Waals surface area contributed by atoms with E-state index in [9.17, 15) is 4.79 Å². The standard InChI is InChI=1S/C15H14N2O3/c1-11-10-20-15(16-11)17-14(19)13-7-5-12(6-8-13)4-2-3-9-18/h5-8,10,18H,3,9H2,1H3,(H,16,17,19). The van der Waals surface area contributed by atoms with Crippen LogP contribution in [0.5, 0.6) is 0 Å². The average Bonchev–Trinajstić information content (AvgIpc) is 2.85. The highest BCUT2D eigenvalue weighted by Gasteiger charge is 2.08. The van der Waals surface area contributed by atoms with Crippen molar-refractivity contribution < 1.29 is 14.3 Å². The van der Waals surface area contributed by atoms with Gasteiger partial charge >= 0.3 is 6.01 Å². The van der Waals surface area contributed by atoms with E-state index in [0.717, 1.165) is 5.56 Å². The fraction of sp³-hybridized carbons (Fsp3) is 0.200. The molecular formula is C15H14N2O3. The van der Waals surface area contributed by atoms with Gasteiger partial charge in [0.2, 0.25) is 0 Å². The number of amides is 1. The van der Waals surface area contributed by atoms with Gasteiger partial charge in [0.15, 0.2) is 0 Å². The SMILES string of the molecule is Cc1coc(NC(=O)c2ccc(C#CCCO)cc2)n1. The third-order valence-corrected chi connectivity index (χ3v) is 2.46. The molecule has 0 saturated carbocycles. The molecule has 102 valence electrons. The largest absolute Gasteiger partial charge is 0.432 e. The molecule has 2 rings (SSSR count). The topological polar surface area (TPSA) is 75.4 Å². The van der Waals surface area contributed by atoms with Crippen LogP contribution in [0.1, 0.15) is 28.0 Å². The minimum absolute atomic E-state index is 0.0447. The lowest BCUT2D eigenvalue weighted by molar-refractivity contribution is 0.102. The van der Waals surface area contributed by atoms with Crippen LogP contribution in [0.2, 0.25) is 0 Å². The van der Waals surface area contributed by atoms with E-state index >= 15 is 0 Å². The molecule has 0 aliphatic rings. The maximum Gasteiger partial charge on any atom is 0.301 e. The zero-order valence-corrected chi connectivity index (χ0v) is 11.0. The van der Waals surface area contributed by atoms with Crippen LogP contribution >= 0.6 is 0 Å². The summed E-state index contributed by atoms with van der Waals surface area (Å²) in [6.45, 7) is 1.82. The number of carbonyl (C=O) groups excluding carboxylic acids is 1. The number of hydrogen-bond acceptors (Lipinski definition) is 4. The van der Waals surface area contributed by atoms with Crippen LogP contribution < -0.4 is 5.32 Å². The molecule has 2 N–H and O–H groups in total. The molecule has 0 aliphatic carbocycles. The molecule has 1 heterocycles. The molecule has 0 saturated heterocycles. The van der Waals surface area contributed by atoms with Gasteiger partial charge in [0, 0.05) is 17.5 Å². The quantitative estimate of drug-likeness (QED) is 0.836. The monoisotopic (exact) mass is 270 g/mol. The molecule has 5 heteroatoms. The van der Waals surface area contributed by atoms with Crippen LogP contribution in [0, 0.1) is 18.8 Å². The lowest BCUT2D eigenvalue weighted by Crippen LogP contribution is -2.11. The Morgan fingerprint density at radius 2 is 2.15 bits per heavy atom. The second-order valence-corrected chi connectivity index (χ2v) is 4.10. The highest BCUT2D eigenvalue weighted by atomic mass is 16.4. The minimum Gasteiger partial charge on any atom is -0.432 e. The maximum atomic E-state index is 11.9. The van der Waals surface area contributed by atoms with Crippen molar-refractivity contribution in [3.8, 4) is 11.8 Å². The van der Waals surface area contributed by atoms with Gasteiger partial charge in [-0.1, -0.05) is 11.8 Å². The van der Waals surface area contributed by atoms with Crippen molar-refractivity contribution >= 4 is 11.9 Å². The summed E-state index contributed by atoms with van der Waals surface area (Å²) in [6, 6.07) is 7.03. The molecule has 0 aliphatic heterocycles. The predicted molar refractivity (Wildman–Crippen MR) is 74.2 cm³/mol. The van der Waals surface area contributed by atoms with E-state index in [1.54, 1.807) is 31.2 Å². The Kier molecular flexibility index (Phi) is 4.53. The second-order valence-electron chi connectivity index (χ2n) is 4.10. The van der Waals surface area contributed by atoms with Crippen LogP contribution in [-0.2, 0) is 0 Å². The summed E-state index contributed by atoms with van der Waals surface area (Å²) in [5.41, 5.74) is 1.99. The van der Waals surface area contributed by atoms with E-state index in [2.05, 4.69) is 22.1 Å². The van der Waals surface area contributed by atoms with Crippen LogP contribution in [0.15, 0.2) is 34.9 Å². The van der Waals surface area contributed by atoms with Crippen LogP contribution in [0.4, 0.5) is 6.01 Å². The number of nitrogens with zero attached hydrogens (tertiary/aromatic N) is 1. The van der Waals surface area contributed by atoms with Gasteiger partial charge in [-0.05, 0) is 31.2 Å². The summed E-state index contributed by atoms with van der Waals surface area (Å²) in [7, 11) is 0. The number of aryl methyl sites for hydroxylation is 1. The van der Waals surface area contributed by atoms with Gasteiger partial charge in [-0.2, -0.15) is 4.98 Å². The maximum absolute atomic E-state index is 11.9. The fourth-order valence-corrected chi connectivity index (χ4v) is 1.51. The molecule has 0 radical (unpaired) electrons. The molecule has 1 amide bonds. The van der Waals surface area contributed by atoms with E-state index in [0.29, 0.717) is 17.7 Å². The molecule has 0 unspecified atom stereocenters. The molecule has 1 aromatic heterocycles. The molecule has 0 atom stereocenters. The Morgan fingerprint density at radius 1 is 1.40 bits per heavy atom. The summed E-state index contributed by atoms with van der Waals surface area (Å²) >= 11 is 0. The van der Waals surface area contributed by atoms with Gasteiger partial charge < -0.3 is 9.52 Å². The average molecular weight is 270 g/mol. The number of aromatic nitrogens is 1. The molecule has 5 nitrogen and oxygen atoms in total. The Labute approximate surface area is 116 Å². The second kappa shape index (κ2) is 6.55. The zero-order chi connectivity index (χ0) is 14.4. The van der Waals surface area contributed by atoms with E-state index in [1.807, 2.05) is 0 Å². The Hall–Kier alpha value is -2.58. The van der Waals surface area contributed by atoms with Crippen molar-refractivity contribution in [1.29, 1.82) is 0 Å². The first-order valence-corrected chi connectivity index (χ1v) is 6.12. The lowest BCUT2D eigenvalue weighted by atomic mass is 10.1. The van der Waals surface area contributed by atoms with E-state index in [-0.39, 0.29) is 18.5 Å². The first-order valence-electron chi connectivity index (χ1n) is 6.12. The van der Waals surface area contributed by atoms with E-state index < -0.39 is 0 Å². The molecular weight excluding hydrogens is 256 g/mol. The lowest BCUT2D eigenvalue weighted by Gasteiger charge is -2.00. The highest BCUT2D eigenvalue weighted by molar-refractivity contribution is 6.03. The summed E-state index contributed by atoms with van der Waals surface area (Å²) in [6.07, 6.45) is 1.90. The zero-order valence-electron chi connectivity index (χ0n) is 11.0. The number of carbonyl (C=O) groups is 1. The number of hydrogen-bond donors (Lipinski definition) is 2. The van der Waals surface area contributed by atoms with Gasteiger partial charge in [0.05, 0.1) is 12.3 Å². The smallest absolute Gasteiger partial charge is 0.301 e. The van der Waals surface area contributed by atoms with Crippen molar-refractivity contribution in [2.75, 3.05) is 11.9 Å². The number of anilines is 1. The number of aliphatic hydroxyl groups excluding tert-OH is 1. The first-order chi connectivity index (χ1) is 9.69. The van der Waals surface area contributed by atoms with E-state index in [1.165, 1.54) is 6.26 Å². The molecule has 1 aromatic carbocycles. The summed E-state index contributed by atoms with van der Waals surface area (Å²) in [4.78, 5) is 15.9. The molecule has 0 spiro atoms. The van der Waals surface area contributed by atoms with Gasteiger partial charge in [-0.25, -0.2) is 0 Å². The number of rotatable bonds is 3. The third kappa shape index (κ3) is 3.70. The summed E-state index contributed by atoms with van der Waals surface area (Å²) < 4.78 is 5.06. The normalized spacial score (nSPS) is 9.70. The molecule has 0 bridgehead atoms. The summed E-state index contributed by atoms with van der Waals surface area (Å²) in [5, 5.41) is 11.2. The minimum atomic E-state index is -0.290. The molecule has 2 aromatic rings. The number of aliphatic hydroxyl groups is 1.